The van der Waals surface area contributed by atoms with E-state index in [9.17, 15) is 0 Å². The van der Waals surface area contributed by atoms with E-state index in [1.165, 1.54) is 32.1 Å². The second-order valence-corrected chi connectivity index (χ2v) is 4.66. The van der Waals surface area contributed by atoms with Gasteiger partial charge in [0.15, 0.2) is 0 Å². The van der Waals surface area contributed by atoms with Crippen molar-refractivity contribution in [3.05, 3.63) is 12.2 Å². The number of rotatable bonds is 0. The molecule has 2 fully saturated rings. The zero-order valence-corrected chi connectivity index (χ0v) is 7.68. The summed E-state index contributed by atoms with van der Waals surface area (Å²) in [4.78, 5) is 0. The number of hydrogen-bond acceptors (Lipinski definition) is 1. The second kappa shape index (κ2) is 1.95. The summed E-state index contributed by atoms with van der Waals surface area (Å²) in [6, 6.07) is 0. The summed E-state index contributed by atoms with van der Waals surface area (Å²) in [6.45, 7) is 2.36. The van der Waals surface area contributed by atoms with Crippen LogP contribution >= 0.6 is 0 Å². The third-order valence-electron chi connectivity index (χ3n) is 4.16. The topological polar surface area (TPSA) is 12.5 Å². The monoisotopic (exact) mass is 164 g/mol. The van der Waals surface area contributed by atoms with Crippen molar-refractivity contribution in [3.8, 4) is 0 Å². The molecule has 1 saturated heterocycles. The lowest BCUT2D eigenvalue weighted by Gasteiger charge is -2.31. The second-order valence-electron chi connectivity index (χ2n) is 4.66. The Balaban J connectivity index is 1.98. The Labute approximate surface area is 73.8 Å². The first-order valence-electron chi connectivity index (χ1n) is 5.14. The molecule has 0 bridgehead atoms. The van der Waals surface area contributed by atoms with Gasteiger partial charge in [0.05, 0.1) is 0 Å². The van der Waals surface area contributed by atoms with Gasteiger partial charge in [-0.15, -0.1) is 0 Å². The van der Waals surface area contributed by atoms with Crippen LogP contribution < -0.4 is 0 Å². The van der Waals surface area contributed by atoms with Crippen LogP contribution in [-0.2, 0) is 4.74 Å². The van der Waals surface area contributed by atoms with Gasteiger partial charge in [0, 0.05) is 0 Å². The molecule has 0 aromatic heterocycles. The fourth-order valence-corrected chi connectivity index (χ4v) is 3.34. The van der Waals surface area contributed by atoms with E-state index < -0.39 is 0 Å². The Hall–Kier alpha value is -0.300. The van der Waals surface area contributed by atoms with Gasteiger partial charge >= 0.3 is 0 Å². The van der Waals surface area contributed by atoms with Crippen LogP contribution in [0.3, 0.4) is 0 Å². The van der Waals surface area contributed by atoms with Gasteiger partial charge < -0.3 is 4.74 Å². The molecule has 1 heterocycles. The molecule has 3 rings (SSSR count). The van der Waals surface area contributed by atoms with E-state index in [0.29, 0.717) is 11.2 Å². The van der Waals surface area contributed by atoms with E-state index in [0.717, 1.165) is 5.92 Å². The SMILES string of the molecule is C[C@@H]1CCC[C@@]23CC=CC[C@@]12O3. The van der Waals surface area contributed by atoms with E-state index in [1.807, 2.05) is 0 Å². The van der Waals surface area contributed by atoms with Crippen LogP contribution in [0.1, 0.15) is 39.0 Å². The first-order chi connectivity index (χ1) is 5.79. The van der Waals surface area contributed by atoms with Crippen molar-refractivity contribution in [3.63, 3.8) is 0 Å². The zero-order chi connectivity index (χ0) is 8.23. The number of ether oxygens (including phenoxy) is 1. The largest absolute Gasteiger partial charge is 0.362 e. The van der Waals surface area contributed by atoms with Crippen LogP contribution in [0.2, 0.25) is 0 Å². The predicted molar refractivity (Wildman–Crippen MR) is 47.9 cm³/mol. The smallest absolute Gasteiger partial charge is 0.104 e. The molecule has 3 aliphatic rings. The summed E-state index contributed by atoms with van der Waals surface area (Å²) in [5.74, 6) is 0.788. The lowest BCUT2D eigenvalue weighted by molar-refractivity contribution is 0.223. The van der Waals surface area contributed by atoms with E-state index in [4.69, 9.17) is 4.74 Å². The highest BCUT2D eigenvalue weighted by molar-refractivity contribution is 5.27. The maximum absolute atomic E-state index is 6.06. The Morgan fingerprint density at radius 1 is 1.33 bits per heavy atom. The van der Waals surface area contributed by atoms with Crippen LogP contribution in [0.5, 0.6) is 0 Å². The zero-order valence-electron chi connectivity index (χ0n) is 7.68. The molecule has 1 aliphatic heterocycles. The van der Waals surface area contributed by atoms with Crippen LogP contribution in [0.15, 0.2) is 12.2 Å². The molecule has 1 nitrogen and oxygen atoms in total. The lowest BCUT2D eigenvalue weighted by Crippen LogP contribution is -2.37. The highest BCUT2D eigenvalue weighted by atomic mass is 16.6. The molecule has 66 valence electrons. The van der Waals surface area contributed by atoms with Crippen LogP contribution in [0, 0.1) is 5.92 Å². The molecule has 2 aliphatic carbocycles. The minimum atomic E-state index is 0.292. The van der Waals surface area contributed by atoms with Gasteiger partial charge in [-0.1, -0.05) is 25.5 Å². The van der Waals surface area contributed by atoms with Gasteiger partial charge in [-0.25, -0.2) is 0 Å². The first-order valence-corrected chi connectivity index (χ1v) is 5.14. The fourth-order valence-electron chi connectivity index (χ4n) is 3.34. The molecule has 0 spiro atoms. The number of epoxide rings is 1. The molecule has 0 aromatic rings. The van der Waals surface area contributed by atoms with Crippen molar-refractivity contribution < 1.29 is 4.74 Å². The van der Waals surface area contributed by atoms with E-state index >= 15 is 0 Å². The molecule has 0 unspecified atom stereocenters. The Kier molecular flexibility index (Phi) is 1.16. The van der Waals surface area contributed by atoms with Crippen molar-refractivity contribution in [1.82, 2.24) is 0 Å². The predicted octanol–water partition coefficient (Wildman–Crippen LogP) is 2.66. The molecular formula is C11H16O. The quantitative estimate of drug-likeness (QED) is 0.396. The van der Waals surface area contributed by atoms with Crippen molar-refractivity contribution >= 4 is 0 Å². The van der Waals surface area contributed by atoms with Crippen LogP contribution in [-0.4, -0.2) is 11.2 Å². The van der Waals surface area contributed by atoms with Crippen LogP contribution in [0.25, 0.3) is 0 Å². The molecule has 0 radical (unpaired) electrons. The molecule has 12 heavy (non-hydrogen) atoms. The van der Waals surface area contributed by atoms with Gasteiger partial charge in [-0.05, 0) is 31.6 Å². The Morgan fingerprint density at radius 2 is 2.17 bits per heavy atom. The third-order valence-corrected chi connectivity index (χ3v) is 4.16. The van der Waals surface area contributed by atoms with E-state index in [-0.39, 0.29) is 0 Å². The summed E-state index contributed by atoms with van der Waals surface area (Å²) >= 11 is 0. The van der Waals surface area contributed by atoms with E-state index in [1.54, 1.807) is 0 Å². The van der Waals surface area contributed by atoms with Gasteiger partial charge in [0.25, 0.3) is 0 Å². The summed E-state index contributed by atoms with van der Waals surface area (Å²) in [5, 5.41) is 0. The minimum absolute atomic E-state index is 0.292. The summed E-state index contributed by atoms with van der Waals surface area (Å²) < 4.78 is 6.06. The normalized spacial score (nSPS) is 55.9. The minimum Gasteiger partial charge on any atom is -0.362 e. The average molecular weight is 164 g/mol. The molecule has 1 saturated carbocycles. The molecular weight excluding hydrogens is 148 g/mol. The molecule has 1 heteroatoms. The highest BCUT2D eigenvalue weighted by Gasteiger charge is 2.72. The molecule has 3 atom stereocenters. The van der Waals surface area contributed by atoms with Crippen molar-refractivity contribution in [1.29, 1.82) is 0 Å². The maximum atomic E-state index is 6.06. The summed E-state index contributed by atoms with van der Waals surface area (Å²) in [7, 11) is 0. The summed E-state index contributed by atoms with van der Waals surface area (Å²) in [5.41, 5.74) is 0.597. The number of hydrogen-bond donors (Lipinski definition) is 0. The Bertz CT molecular complexity index is 245. The van der Waals surface area contributed by atoms with Crippen molar-refractivity contribution in [2.45, 2.75) is 50.2 Å². The van der Waals surface area contributed by atoms with E-state index in [2.05, 4.69) is 19.1 Å². The van der Waals surface area contributed by atoms with Crippen molar-refractivity contribution in [2.75, 3.05) is 0 Å². The van der Waals surface area contributed by atoms with Crippen LogP contribution in [0.4, 0.5) is 0 Å². The van der Waals surface area contributed by atoms with Gasteiger partial charge in [-0.3, -0.25) is 0 Å². The summed E-state index contributed by atoms with van der Waals surface area (Å²) in [6.07, 6.45) is 11.0. The standard InChI is InChI=1S/C11H16O/c1-9-5-4-7-10-6-2-3-8-11(9,10)12-10/h2-3,9H,4-8H2,1H3/t9-,10+,11-/m1/s1. The third kappa shape index (κ3) is 0.610. The van der Waals surface area contributed by atoms with Gasteiger partial charge in [0.1, 0.15) is 11.2 Å². The van der Waals surface area contributed by atoms with Gasteiger partial charge in [-0.2, -0.15) is 0 Å². The van der Waals surface area contributed by atoms with Gasteiger partial charge in [0.2, 0.25) is 0 Å². The molecule has 0 amide bonds. The lowest BCUT2D eigenvalue weighted by atomic mass is 9.68. The molecule has 0 aromatic carbocycles. The fraction of sp³-hybridized carbons (Fsp3) is 0.818. The Morgan fingerprint density at radius 3 is 3.00 bits per heavy atom. The van der Waals surface area contributed by atoms with Crippen molar-refractivity contribution in [2.24, 2.45) is 5.92 Å². The first kappa shape index (κ1) is 7.14. The average Bonchev–Trinajstić information content (AvgIpc) is 2.75. The highest BCUT2D eigenvalue weighted by Crippen LogP contribution is 2.65. The maximum Gasteiger partial charge on any atom is 0.104 e. The molecule has 0 N–H and O–H groups in total.